The van der Waals surface area contributed by atoms with Gasteiger partial charge in [-0.3, -0.25) is 0 Å². The Hall–Kier alpha value is -3.28. The smallest absolute Gasteiger partial charge is 0.407 e. The number of aryl methyl sites for hydroxylation is 1. The molecule has 1 amide bonds. The molecule has 0 aliphatic rings. The van der Waals surface area contributed by atoms with Crippen LogP contribution in [0, 0.1) is 12.8 Å². The first kappa shape index (κ1) is 24.4. The van der Waals surface area contributed by atoms with E-state index >= 15 is 0 Å². The number of hydrogen-bond acceptors (Lipinski definition) is 5. The van der Waals surface area contributed by atoms with Gasteiger partial charge in [0.15, 0.2) is 0 Å². The average Bonchev–Trinajstić information content (AvgIpc) is 3.13. The molecule has 0 saturated heterocycles. The van der Waals surface area contributed by atoms with Crippen molar-refractivity contribution in [2.45, 2.75) is 53.1 Å². The van der Waals surface area contributed by atoms with Crippen molar-refractivity contribution >= 4 is 6.09 Å². The number of oxazole rings is 1. The normalized spacial score (nSPS) is 12.3. The monoisotopic (exact) mass is 450 g/mol. The van der Waals surface area contributed by atoms with E-state index in [0.717, 1.165) is 29.2 Å². The van der Waals surface area contributed by atoms with Crippen LogP contribution >= 0.6 is 0 Å². The minimum Gasteiger partial charge on any atom is -0.493 e. The van der Waals surface area contributed by atoms with Crippen molar-refractivity contribution in [3.63, 3.8) is 0 Å². The maximum atomic E-state index is 11.8. The molecule has 3 aromatic rings. The largest absolute Gasteiger partial charge is 0.493 e. The van der Waals surface area contributed by atoms with Gasteiger partial charge in [-0.1, -0.05) is 37.3 Å². The predicted octanol–water partition coefficient (Wildman–Crippen LogP) is 5.97. The first-order valence-electron chi connectivity index (χ1n) is 11.4. The number of amides is 1. The number of nitrogens with one attached hydrogen (secondary N) is 1. The van der Waals surface area contributed by atoms with E-state index < -0.39 is 5.60 Å². The second-order valence-electron chi connectivity index (χ2n) is 9.32. The number of hydrogen-bond donors (Lipinski definition) is 1. The Balaban J connectivity index is 1.43. The molecule has 2 aromatic carbocycles. The Morgan fingerprint density at radius 2 is 1.79 bits per heavy atom. The van der Waals surface area contributed by atoms with Gasteiger partial charge in [0.2, 0.25) is 5.89 Å². The number of alkyl carbamates (subject to hydrolysis) is 1. The fourth-order valence-electron chi connectivity index (χ4n) is 3.40. The molecule has 3 rings (SSSR count). The number of carbonyl (C=O) groups is 1. The molecule has 0 spiro atoms. The summed E-state index contributed by atoms with van der Waals surface area (Å²) in [5.41, 5.74) is 2.59. The quantitative estimate of drug-likeness (QED) is 0.434. The summed E-state index contributed by atoms with van der Waals surface area (Å²) in [5.74, 6) is 2.57. The van der Waals surface area contributed by atoms with Crippen LogP contribution in [0.25, 0.3) is 11.5 Å². The maximum Gasteiger partial charge on any atom is 0.407 e. The lowest BCUT2D eigenvalue weighted by atomic mass is 10.0. The number of carbonyl (C=O) groups excluding carboxylic acids is 1. The number of nitrogens with zero attached hydrogens (tertiary/aromatic N) is 1. The first-order valence-corrected chi connectivity index (χ1v) is 11.4. The van der Waals surface area contributed by atoms with Gasteiger partial charge < -0.3 is 19.2 Å². The predicted molar refractivity (Wildman–Crippen MR) is 129 cm³/mol. The van der Waals surface area contributed by atoms with Gasteiger partial charge in [0.25, 0.3) is 0 Å². The van der Waals surface area contributed by atoms with Gasteiger partial charge in [0.05, 0.1) is 12.3 Å². The molecule has 0 fully saturated rings. The molecule has 1 atom stereocenters. The maximum absolute atomic E-state index is 11.8. The van der Waals surface area contributed by atoms with E-state index in [1.54, 1.807) is 0 Å². The van der Waals surface area contributed by atoms with Crippen molar-refractivity contribution in [2.75, 3.05) is 13.2 Å². The molecule has 0 saturated carbocycles. The van der Waals surface area contributed by atoms with E-state index in [1.807, 2.05) is 70.2 Å². The zero-order valence-corrected chi connectivity index (χ0v) is 20.2. The number of benzene rings is 2. The summed E-state index contributed by atoms with van der Waals surface area (Å²) in [6, 6.07) is 18.0. The summed E-state index contributed by atoms with van der Waals surface area (Å²) in [4.78, 5) is 16.4. The lowest BCUT2D eigenvalue weighted by molar-refractivity contribution is 0.0520. The van der Waals surface area contributed by atoms with E-state index in [9.17, 15) is 4.79 Å². The third kappa shape index (κ3) is 7.97. The Labute approximate surface area is 196 Å². The van der Waals surface area contributed by atoms with Crippen LogP contribution in [0.4, 0.5) is 4.79 Å². The summed E-state index contributed by atoms with van der Waals surface area (Å²) in [6.07, 6.45) is 1.16. The van der Waals surface area contributed by atoms with Gasteiger partial charge in [0, 0.05) is 18.5 Å². The third-order valence-electron chi connectivity index (χ3n) is 5.02. The van der Waals surface area contributed by atoms with Crippen LogP contribution < -0.4 is 10.1 Å². The molecule has 0 aliphatic heterocycles. The molecule has 0 unspecified atom stereocenters. The van der Waals surface area contributed by atoms with Crippen LogP contribution in [0.5, 0.6) is 5.75 Å². The SMILES string of the molecule is Cc1oc(-c2ccccc2)nc1CCOc1ccc(C[C@H](C)CNC(=O)OC(C)(C)C)cc1. The van der Waals surface area contributed by atoms with E-state index in [2.05, 4.69) is 29.4 Å². The topological polar surface area (TPSA) is 73.6 Å². The molecule has 176 valence electrons. The first-order chi connectivity index (χ1) is 15.7. The molecule has 0 bridgehead atoms. The summed E-state index contributed by atoms with van der Waals surface area (Å²) < 4.78 is 17.0. The van der Waals surface area contributed by atoms with Gasteiger partial charge in [-0.05, 0) is 69.9 Å². The van der Waals surface area contributed by atoms with Crippen LogP contribution in [0.1, 0.15) is 44.7 Å². The lowest BCUT2D eigenvalue weighted by Gasteiger charge is -2.20. The van der Waals surface area contributed by atoms with Crippen molar-refractivity contribution in [1.82, 2.24) is 10.3 Å². The molecule has 1 heterocycles. The molecule has 6 heteroatoms. The van der Waals surface area contributed by atoms with Crippen LogP contribution in [0.15, 0.2) is 59.0 Å². The Morgan fingerprint density at radius 3 is 2.45 bits per heavy atom. The summed E-state index contributed by atoms with van der Waals surface area (Å²) >= 11 is 0. The molecule has 0 aliphatic carbocycles. The van der Waals surface area contributed by atoms with Gasteiger partial charge in [-0.25, -0.2) is 9.78 Å². The Kier molecular flexibility index (Phi) is 8.15. The van der Waals surface area contributed by atoms with E-state index in [0.29, 0.717) is 31.4 Å². The summed E-state index contributed by atoms with van der Waals surface area (Å²) in [7, 11) is 0. The van der Waals surface area contributed by atoms with Crippen molar-refractivity contribution in [3.8, 4) is 17.2 Å². The van der Waals surface area contributed by atoms with Gasteiger partial charge >= 0.3 is 6.09 Å². The highest BCUT2D eigenvalue weighted by atomic mass is 16.6. The molecule has 1 N–H and O–H groups in total. The zero-order chi connectivity index (χ0) is 23.8. The number of aromatic nitrogens is 1. The van der Waals surface area contributed by atoms with Crippen LogP contribution in [-0.2, 0) is 17.6 Å². The number of ether oxygens (including phenoxy) is 2. The minimum atomic E-state index is -0.486. The standard InChI is InChI=1S/C27H34N2O4/c1-19(18-28-26(30)33-27(3,4)5)17-21-11-13-23(14-12-21)31-16-15-24-20(2)32-25(29-24)22-9-7-6-8-10-22/h6-14,19H,15-18H2,1-5H3,(H,28,30)/t19-/m0/s1. The van der Waals surface area contributed by atoms with E-state index in [1.165, 1.54) is 5.56 Å². The van der Waals surface area contributed by atoms with Gasteiger partial charge in [-0.2, -0.15) is 0 Å². The van der Waals surface area contributed by atoms with Crippen LogP contribution in [0.3, 0.4) is 0 Å². The molecule has 6 nitrogen and oxygen atoms in total. The summed E-state index contributed by atoms with van der Waals surface area (Å²) in [5, 5.41) is 2.83. The van der Waals surface area contributed by atoms with Crippen molar-refractivity contribution in [2.24, 2.45) is 5.92 Å². The molecule has 33 heavy (non-hydrogen) atoms. The van der Waals surface area contributed by atoms with E-state index in [-0.39, 0.29) is 6.09 Å². The van der Waals surface area contributed by atoms with Gasteiger partial charge in [-0.15, -0.1) is 0 Å². The molecular weight excluding hydrogens is 416 g/mol. The zero-order valence-electron chi connectivity index (χ0n) is 20.2. The Morgan fingerprint density at radius 1 is 1.09 bits per heavy atom. The third-order valence-corrected chi connectivity index (χ3v) is 5.02. The minimum absolute atomic E-state index is 0.290. The van der Waals surface area contributed by atoms with Crippen molar-refractivity contribution < 1.29 is 18.7 Å². The molecular formula is C27H34N2O4. The van der Waals surface area contributed by atoms with Crippen LogP contribution in [0.2, 0.25) is 0 Å². The average molecular weight is 451 g/mol. The van der Waals surface area contributed by atoms with E-state index in [4.69, 9.17) is 13.9 Å². The highest BCUT2D eigenvalue weighted by Gasteiger charge is 2.16. The fourth-order valence-corrected chi connectivity index (χ4v) is 3.40. The molecule has 0 radical (unpaired) electrons. The molecule has 1 aromatic heterocycles. The Bertz CT molecular complexity index is 1020. The van der Waals surface area contributed by atoms with Gasteiger partial charge in [0.1, 0.15) is 17.1 Å². The lowest BCUT2D eigenvalue weighted by Crippen LogP contribution is -2.35. The highest BCUT2D eigenvalue weighted by molar-refractivity contribution is 5.67. The fraction of sp³-hybridized carbons (Fsp3) is 0.407. The van der Waals surface area contributed by atoms with Crippen molar-refractivity contribution in [1.29, 1.82) is 0 Å². The van der Waals surface area contributed by atoms with Crippen molar-refractivity contribution in [3.05, 3.63) is 71.6 Å². The second-order valence-corrected chi connectivity index (χ2v) is 9.32. The highest BCUT2D eigenvalue weighted by Crippen LogP contribution is 2.22. The van der Waals surface area contributed by atoms with Crippen LogP contribution in [-0.4, -0.2) is 29.8 Å². The second kappa shape index (κ2) is 11.0. The number of rotatable bonds is 9. The summed E-state index contributed by atoms with van der Waals surface area (Å²) in [6.45, 7) is 10.7.